The Labute approximate surface area is 108 Å². The van der Waals surface area contributed by atoms with Crippen LogP contribution in [0.25, 0.3) is 0 Å². The number of benzene rings is 1. The lowest BCUT2D eigenvalue weighted by atomic mass is 10.3. The molecule has 4 heteroatoms. The zero-order valence-electron chi connectivity index (χ0n) is 10.6. The molecule has 0 saturated carbocycles. The zero-order chi connectivity index (χ0) is 12.3. The maximum atomic E-state index is 5.24. The monoisotopic (exact) mass is 255 g/mol. The molecule has 0 aromatic heterocycles. The number of hydrogen-bond donors (Lipinski definition) is 1. The van der Waals surface area contributed by atoms with Gasteiger partial charge >= 0.3 is 0 Å². The number of thioether (sulfide) groups is 1. The highest BCUT2D eigenvalue weighted by Crippen LogP contribution is 2.22. The van der Waals surface area contributed by atoms with Crippen LogP contribution < -0.4 is 10.1 Å². The fourth-order valence-corrected chi connectivity index (χ4v) is 2.20. The van der Waals surface area contributed by atoms with Crippen molar-refractivity contribution in [2.45, 2.75) is 11.8 Å². The second kappa shape index (κ2) is 9.33. The molecular weight excluding hydrogens is 234 g/mol. The quantitative estimate of drug-likeness (QED) is 0.542. The lowest BCUT2D eigenvalue weighted by Crippen LogP contribution is -2.22. The van der Waals surface area contributed by atoms with Crippen LogP contribution in [0.2, 0.25) is 0 Å². The van der Waals surface area contributed by atoms with Gasteiger partial charge in [0.05, 0.1) is 13.7 Å². The Morgan fingerprint density at radius 3 is 2.94 bits per heavy atom. The summed E-state index contributed by atoms with van der Waals surface area (Å²) in [5.74, 6) is 1.97. The minimum absolute atomic E-state index is 0.792. The molecule has 1 aromatic rings. The molecule has 17 heavy (non-hydrogen) atoms. The normalized spacial score (nSPS) is 10.5. The van der Waals surface area contributed by atoms with Crippen LogP contribution in [-0.4, -0.2) is 39.2 Å². The van der Waals surface area contributed by atoms with Gasteiger partial charge in [-0.2, -0.15) is 0 Å². The van der Waals surface area contributed by atoms with Crippen molar-refractivity contribution in [2.75, 3.05) is 39.2 Å². The molecule has 0 saturated heterocycles. The molecule has 1 rings (SSSR count). The van der Waals surface area contributed by atoms with E-state index < -0.39 is 0 Å². The minimum Gasteiger partial charge on any atom is -0.497 e. The third kappa shape index (κ3) is 6.56. The van der Waals surface area contributed by atoms with Crippen LogP contribution in [0.5, 0.6) is 5.75 Å². The average molecular weight is 255 g/mol. The van der Waals surface area contributed by atoms with Crippen LogP contribution in [0, 0.1) is 0 Å². The predicted molar refractivity (Wildman–Crippen MR) is 73.1 cm³/mol. The van der Waals surface area contributed by atoms with Crippen LogP contribution in [-0.2, 0) is 4.74 Å². The third-order valence-electron chi connectivity index (χ3n) is 2.22. The van der Waals surface area contributed by atoms with Crippen molar-refractivity contribution < 1.29 is 9.47 Å². The molecular formula is C13H21NO2S. The molecule has 3 nitrogen and oxygen atoms in total. The Morgan fingerprint density at radius 2 is 2.18 bits per heavy atom. The van der Waals surface area contributed by atoms with E-state index in [2.05, 4.69) is 17.4 Å². The average Bonchev–Trinajstić information content (AvgIpc) is 2.38. The zero-order valence-corrected chi connectivity index (χ0v) is 11.4. The summed E-state index contributed by atoms with van der Waals surface area (Å²) in [6.45, 7) is 5.51. The van der Waals surface area contributed by atoms with E-state index >= 15 is 0 Å². The molecule has 0 spiro atoms. The van der Waals surface area contributed by atoms with E-state index in [1.54, 1.807) is 7.11 Å². The van der Waals surface area contributed by atoms with Crippen LogP contribution in [0.15, 0.2) is 29.2 Å². The lowest BCUT2D eigenvalue weighted by Gasteiger charge is -2.06. The van der Waals surface area contributed by atoms with Gasteiger partial charge in [0.1, 0.15) is 5.75 Å². The first-order valence-corrected chi connectivity index (χ1v) is 6.90. The van der Waals surface area contributed by atoms with E-state index in [1.807, 2.05) is 30.8 Å². The number of methoxy groups -OCH3 is 1. The van der Waals surface area contributed by atoms with Crippen LogP contribution >= 0.6 is 11.8 Å². The highest BCUT2D eigenvalue weighted by molar-refractivity contribution is 7.99. The molecule has 0 heterocycles. The summed E-state index contributed by atoms with van der Waals surface area (Å²) >= 11 is 1.83. The number of ether oxygens (including phenoxy) is 2. The highest BCUT2D eigenvalue weighted by Gasteiger charge is 1.96. The summed E-state index contributed by atoms with van der Waals surface area (Å²) in [7, 11) is 1.69. The van der Waals surface area contributed by atoms with Crippen LogP contribution in [0.3, 0.4) is 0 Å². The van der Waals surface area contributed by atoms with Crippen molar-refractivity contribution >= 4 is 11.8 Å². The molecule has 0 bridgehead atoms. The van der Waals surface area contributed by atoms with Crippen molar-refractivity contribution in [1.82, 2.24) is 5.32 Å². The fourth-order valence-electron chi connectivity index (χ4n) is 1.35. The summed E-state index contributed by atoms with van der Waals surface area (Å²) in [5, 5.41) is 3.34. The van der Waals surface area contributed by atoms with Gasteiger partial charge in [0.2, 0.25) is 0 Å². The number of rotatable bonds is 9. The molecule has 0 unspecified atom stereocenters. The number of hydrogen-bond acceptors (Lipinski definition) is 4. The van der Waals surface area contributed by atoms with Crippen LogP contribution in [0.4, 0.5) is 0 Å². The Morgan fingerprint density at radius 1 is 1.29 bits per heavy atom. The summed E-state index contributed by atoms with van der Waals surface area (Å²) in [5.41, 5.74) is 0. The Kier molecular flexibility index (Phi) is 7.88. The van der Waals surface area contributed by atoms with Crippen molar-refractivity contribution in [3.63, 3.8) is 0 Å². The molecule has 0 atom stereocenters. The van der Waals surface area contributed by atoms with E-state index in [1.165, 1.54) is 4.90 Å². The summed E-state index contributed by atoms with van der Waals surface area (Å²) in [6, 6.07) is 8.15. The Bertz CT molecular complexity index is 307. The minimum atomic E-state index is 0.792. The van der Waals surface area contributed by atoms with Gasteiger partial charge in [-0.1, -0.05) is 6.07 Å². The van der Waals surface area contributed by atoms with Gasteiger partial charge < -0.3 is 14.8 Å². The van der Waals surface area contributed by atoms with E-state index in [4.69, 9.17) is 9.47 Å². The molecule has 1 aromatic carbocycles. The van der Waals surface area contributed by atoms with Crippen molar-refractivity contribution in [3.05, 3.63) is 24.3 Å². The molecule has 1 N–H and O–H groups in total. The molecule has 0 aliphatic rings. The summed E-state index contributed by atoms with van der Waals surface area (Å²) in [6.07, 6.45) is 0. The lowest BCUT2D eigenvalue weighted by molar-refractivity contribution is 0.150. The summed E-state index contributed by atoms with van der Waals surface area (Å²) < 4.78 is 10.4. The molecule has 0 aliphatic heterocycles. The first-order chi connectivity index (χ1) is 8.36. The maximum absolute atomic E-state index is 5.24. The fraction of sp³-hybridized carbons (Fsp3) is 0.538. The van der Waals surface area contributed by atoms with E-state index in [0.717, 1.165) is 37.8 Å². The van der Waals surface area contributed by atoms with Gasteiger partial charge in [-0.15, -0.1) is 11.8 Å². The van der Waals surface area contributed by atoms with Crippen LogP contribution in [0.1, 0.15) is 6.92 Å². The molecule has 0 amide bonds. The van der Waals surface area contributed by atoms with E-state index in [0.29, 0.717) is 0 Å². The number of nitrogens with one attached hydrogen (secondary N) is 1. The standard InChI is InChI=1S/C13H21NO2S/c1-3-16-9-7-14-8-10-17-13-6-4-5-12(11-13)15-2/h4-6,11,14H,3,7-10H2,1-2H3. The second-order valence-corrected chi connectivity index (χ2v) is 4.64. The second-order valence-electron chi connectivity index (χ2n) is 3.47. The predicted octanol–water partition coefficient (Wildman–Crippen LogP) is 2.41. The van der Waals surface area contributed by atoms with Gasteiger partial charge in [0, 0.05) is 30.3 Å². The highest BCUT2D eigenvalue weighted by atomic mass is 32.2. The van der Waals surface area contributed by atoms with Crippen molar-refractivity contribution in [2.24, 2.45) is 0 Å². The summed E-state index contributed by atoms with van der Waals surface area (Å²) in [4.78, 5) is 1.25. The van der Waals surface area contributed by atoms with E-state index in [9.17, 15) is 0 Å². The van der Waals surface area contributed by atoms with Gasteiger partial charge in [-0.25, -0.2) is 0 Å². The van der Waals surface area contributed by atoms with Crippen molar-refractivity contribution in [3.8, 4) is 5.75 Å². The molecule has 96 valence electrons. The molecule has 0 radical (unpaired) electrons. The van der Waals surface area contributed by atoms with E-state index in [-0.39, 0.29) is 0 Å². The SMILES string of the molecule is CCOCCNCCSc1cccc(OC)c1. The van der Waals surface area contributed by atoms with Gasteiger partial charge in [-0.3, -0.25) is 0 Å². The third-order valence-corrected chi connectivity index (χ3v) is 3.21. The Hall–Kier alpha value is -0.710. The van der Waals surface area contributed by atoms with Crippen molar-refractivity contribution in [1.29, 1.82) is 0 Å². The van der Waals surface area contributed by atoms with Gasteiger partial charge in [0.25, 0.3) is 0 Å². The molecule has 0 fully saturated rings. The van der Waals surface area contributed by atoms with Gasteiger partial charge in [0.15, 0.2) is 0 Å². The first-order valence-electron chi connectivity index (χ1n) is 5.92. The Balaban J connectivity index is 2.09. The topological polar surface area (TPSA) is 30.5 Å². The molecule has 0 aliphatic carbocycles. The maximum Gasteiger partial charge on any atom is 0.119 e. The van der Waals surface area contributed by atoms with Gasteiger partial charge in [-0.05, 0) is 25.1 Å². The first kappa shape index (κ1) is 14.4. The largest absolute Gasteiger partial charge is 0.497 e. The smallest absolute Gasteiger partial charge is 0.119 e.